The van der Waals surface area contributed by atoms with Crippen molar-refractivity contribution in [1.29, 1.82) is 0 Å². The molecule has 2 heterocycles. The highest BCUT2D eigenvalue weighted by atomic mass is 16.5. The molecule has 0 unspecified atom stereocenters. The molecule has 1 amide bonds. The van der Waals surface area contributed by atoms with Crippen molar-refractivity contribution in [2.45, 2.75) is 18.9 Å². The molecule has 0 bridgehead atoms. The van der Waals surface area contributed by atoms with Gasteiger partial charge in [-0.3, -0.25) is 9.48 Å². The van der Waals surface area contributed by atoms with Crippen molar-refractivity contribution < 1.29 is 19.0 Å². The molecule has 1 saturated heterocycles. The van der Waals surface area contributed by atoms with Crippen molar-refractivity contribution >= 4 is 16.8 Å². The first-order valence-electron chi connectivity index (χ1n) is 10.5. The average Bonchev–Trinajstić information content (AvgIpc) is 3.14. The van der Waals surface area contributed by atoms with Crippen molar-refractivity contribution in [3.05, 3.63) is 48.2 Å². The van der Waals surface area contributed by atoms with Crippen LogP contribution in [0, 0.1) is 0 Å². The Morgan fingerprint density at radius 1 is 1.10 bits per heavy atom. The van der Waals surface area contributed by atoms with Gasteiger partial charge in [0.05, 0.1) is 18.9 Å². The highest BCUT2D eigenvalue weighted by Crippen LogP contribution is 2.32. The second-order valence-electron chi connectivity index (χ2n) is 7.84. The summed E-state index contributed by atoms with van der Waals surface area (Å²) in [5, 5.41) is 5.03. The number of hydrogen-bond acceptors (Lipinski definition) is 6. The zero-order valence-corrected chi connectivity index (χ0v) is 17.9. The van der Waals surface area contributed by atoms with Crippen LogP contribution in [-0.4, -0.2) is 60.0 Å². The number of hydrogen-bond donors (Lipinski definition) is 1. The second kappa shape index (κ2) is 9.36. The zero-order valence-electron chi connectivity index (χ0n) is 17.9. The van der Waals surface area contributed by atoms with Gasteiger partial charge in [0.25, 0.3) is 0 Å². The SMILES string of the molecule is CN1CCC(OCCOc2ccc(Oc3cc(C(N)=O)cc4cnn(C)c34)cc2)CC1. The highest BCUT2D eigenvalue weighted by molar-refractivity contribution is 5.99. The number of nitrogens with zero attached hydrogens (tertiary/aromatic N) is 3. The van der Waals surface area contributed by atoms with Gasteiger partial charge in [-0.25, -0.2) is 0 Å². The summed E-state index contributed by atoms with van der Waals surface area (Å²) in [6, 6.07) is 10.7. The van der Waals surface area contributed by atoms with E-state index in [2.05, 4.69) is 17.0 Å². The van der Waals surface area contributed by atoms with E-state index in [1.165, 1.54) is 0 Å². The van der Waals surface area contributed by atoms with Gasteiger partial charge in [0.15, 0.2) is 5.75 Å². The summed E-state index contributed by atoms with van der Waals surface area (Å²) in [6.45, 7) is 3.24. The molecule has 0 atom stereocenters. The molecule has 1 fully saturated rings. The third-order valence-electron chi connectivity index (χ3n) is 5.51. The summed E-state index contributed by atoms with van der Waals surface area (Å²) in [6.07, 6.45) is 4.15. The average molecular weight is 425 g/mol. The molecule has 8 heteroatoms. The first kappa shape index (κ1) is 21.1. The van der Waals surface area contributed by atoms with E-state index in [0.29, 0.717) is 36.4 Å². The molecule has 1 aliphatic rings. The van der Waals surface area contributed by atoms with E-state index >= 15 is 0 Å². The Morgan fingerprint density at radius 3 is 2.52 bits per heavy atom. The molecule has 1 aliphatic heterocycles. The Balaban J connectivity index is 1.34. The summed E-state index contributed by atoms with van der Waals surface area (Å²) in [4.78, 5) is 14.0. The van der Waals surface area contributed by atoms with Gasteiger partial charge in [-0.05, 0) is 56.3 Å². The molecule has 0 radical (unpaired) electrons. The van der Waals surface area contributed by atoms with Crippen molar-refractivity contribution in [2.24, 2.45) is 12.8 Å². The molecule has 0 aliphatic carbocycles. The predicted octanol–water partition coefficient (Wildman–Crippen LogP) is 2.95. The second-order valence-corrected chi connectivity index (χ2v) is 7.84. The summed E-state index contributed by atoms with van der Waals surface area (Å²) < 4.78 is 19.4. The number of rotatable bonds is 8. The largest absolute Gasteiger partial charge is 0.491 e. The van der Waals surface area contributed by atoms with E-state index in [4.69, 9.17) is 19.9 Å². The Kier molecular flexibility index (Phi) is 6.39. The Hall–Kier alpha value is -3.10. The molecule has 3 aromatic rings. The number of benzene rings is 2. The summed E-state index contributed by atoms with van der Waals surface area (Å²) >= 11 is 0. The van der Waals surface area contributed by atoms with Crippen LogP contribution in [0.15, 0.2) is 42.6 Å². The predicted molar refractivity (Wildman–Crippen MR) is 118 cm³/mol. The van der Waals surface area contributed by atoms with Crippen LogP contribution in [0.25, 0.3) is 10.9 Å². The lowest BCUT2D eigenvalue weighted by Crippen LogP contribution is -2.34. The van der Waals surface area contributed by atoms with Crippen LogP contribution in [0.5, 0.6) is 17.2 Å². The number of piperidine rings is 1. The topological polar surface area (TPSA) is 91.8 Å². The van der Waals surface area contributed by atoms with Crippen LogP contribution in [0.1, 0.15) is 23.2 Å². The summed E-state index contributed by atoms with van der Waals surface area (Å²) in [7, 11) is 3.96. The van der Waals surface area contributed by atoms with Gasteiger partial charge >= 0.3 is 0 Å². The molecule has 8 nitrogen and oxygen atoms in total. The number of likely N-dealkylation sites (tertiary alicyclic amines) is 1. The molecular weight excluding hydrogens is 396 g/mol. The van der Waals surface area contributed by atoms with Crippen LogP contribution in [0.3, 0.4) is 0 Å². The van der Waals surface area contributed by atoms with Gasteiger partial charge in [0.2, 0.25) is 5.91 Å². The molecule has 2 aromatic carbocycles. The number of primary amides is 1. The number of fused-ring (bicyclic) bond motifs is 1. The fourth-order valence-corrected chi connectivity index (χ4v) is 3.76. The van der Waals surface area contributed by atoms with E-state index in [1.54, 1.807) is 23.0 Å². The van der Waals surface area contributed by atoms with Gasteiger partial charge in [-0.1, -0.05) is 0 Å². The summed E-state index contributed by atoms with van der Waals surface area (Å²) in [5.41, 5.74) is 6.62. The monoisotopic (exact) mass is 424 g/mol. The molecule has 0 spiro atoms. The molecule has 2 N–H and O–H groups in total. The maximum Gasteiger partial charge on any atom is 0.248 e. The van der Waals surface area contributed by atoms with Crippen LogP contribution in [0.4, 0.5) is 0 Å². The number of carbonyl (C=O) groups is 1. The quantitative estimate of drug-likeness (QED) is 0.559. The van der Waals surface area contributed by atoms with Gasteiger partial charge in [0.1, 0.15) is 23.6 Å². The third-order valence-corrected chi connectivity index (χ3v) is 5.51. The van der Waals surface area contributed by atoms with E-state index in [9.17, 15) is 4.79 Å². The van der Waals surface area contributed by atoms with Crippen molar-refractivity contribution in [3.63, 3.8) is 0 Å². The molecule has 31 heavy (non-hydrogen) atoms. The molecule has 0 saturated carbocycles. The van der Waals surface area contributed by atoms with Gasteiger partial charge in [-0.2, -0.15) is 5.10 Å². The number of carbonyl (C=O) groups excluding carboxylic acids is 1. The fraction of sp³-hybridized carbons (Fsp3) is 0.391. The Morgan fingerprint density at radius 2 is 1.81 bits per heavy atom. The fourth-order valence-electron chi connectivity index (χ4n) is 3.76. The molecule has 4 rings (SSSR count). The van der Waals surface area contributed by atoms with E-state index in [0.717, 1.165) is 42.6 Å². The first-order chi connectivity index (χ1) is 15.0. The zero-order chi connectivity index (χ0) is 21.8. The van der Waals surface area contributed by atoms with Crippen LogP contribution in [0.2, 0.25) is 0 Å². The number of aryl methyl sites for hydroxylation is 1. The minimum atomic E-state index is -0.512. The lowest BCUT2D eigenvalue weighted by atomic mass is 10.1. The first-order valence-corrected chi connectivity index (χ1v) is 10.5. The molecular formula is C23H28N4O4. The molecule has 164 valence electrons. The van der Waals surface area contributed by atoms with Gasteiger partial charge < -0.3 is 24.8 Å². The van der Waals surface area contributed by atoms with Crippen LogP contribution < -0.4 is 15.2 Å². The standard InChI is InChI=1S/C23H28N4O4/c1-26-9-7-19(8-10-26)30-12-11-29-18-3-5-20(6-4-18)31-21-14-16(23(24)28)13-17-15-25-27(2)22(17)21/h3-6,13-15,19H,7-12H2,1-2H3,(H2,24,28). The van der Waals surface area contributed by atoms with Crippen molar-refractivity contribution in [1.82, 2.24) is 14.7 Å². The smallest absolute Gasteiger partial charge is 0.248 e. The maximum absolute atomic E-state index is 11.7. The van der Waals surface area contributed by atoms with E-state index in [-0.39, 0.29) is 0 Å². The third kappa shape index (κ3) is 5.15. The van der Waals surface area contributed by atoms with Crippen molar-refractivity contribution in [3.8, 4) is 17.2 Å². The number of amides is 1. The number of aromatic nitrogens is 2. The normalized spacial score (nSPS) is 15.3. The van der Waals surface area contributed by atoms with Crippen LogP contribution >= 0.6 is 0 Å². The van der Waals surface area contributed by atoms with E-state index < -0.39 is 5.91 Å². The van der Waals surface area contributed by atoms with Crippen LogP contribution in [-0.2, 0) is 11.8 Å². The number of ether oxygens (including phenoxy) is 3. The van der Waals surface area contributed by atoms with Gasteiger partial charge in [-0.15, -0.1) is 0 Å². The van der Waals surface area contributed by atoms with Crippen molar-refractivity contribution in [2.75, 3.05) is 33.4 Å². The lowest BCUT2D eigenvalue weighted by molar-refractivity contribution is -0.000256. The van der Waals surface area contributed by atoms with Gasteiger partial charge in [0, 0.05) is 31.1 Å². The minimum Gasteiger partial charge on any atom is -0.491 e. The summed E-state index contributed by atoms with van der Waals surface area (Å²) in [5.74, 6) is 1.38. The number of nitrogens with two attached hydrogens (primary N) is 1. The maximum atomic E-state index is 11.7. The Labute approximate surface area is 181 Å². The Bertz CT molecular complexity index is 1040. The minimum absolute atomic E-state index is 0.329. The van der Waals surface area contributed by atoms with E-state index in [1.807, 2.05) is 31.3 Å². The highest BCUT2D eigenvalue weighted by Gasteiger charge is 2.17. The molecule has 1 aromatic heterocycles. The lowest BCUT2D eigenvalue weighted by Gasteiger charge is -2.28.